The van der Waals surface area contributed by atoms with E-state index in [-0.39, 0.29) is 0 Å². The molecule has 2 aliphatic rings. The summed E-state index contributed by atoms with van der Waals surface area (Å²) in [6.07, 6.45) is 7.82. The van der Waals surface area contributed by atoms with Crippen molar-refractivity contribution in [3.8, 4) is 0 Å². The van der Waals surface area contributed by atoms with Gasteiger partial charge in [-0.2, -0.15) is 0 Å². The zero-order chi connectivity index (χ0) is 14.2. The Morgan fingerprint density at radius 2 is 2.10 bits per heavy atom. The van der Waals surface area contributed by atoms with Crippen molar-refractivity contribution in [1.29, 1.82) is 0 Å². The second-order valence-corrected chi connectivity index (χ2v) is 6.57. The van der Waals surface area contributed by atoms with E-state index >= 15 is 0 Å². The van der Waals surface area contributed by atoms with E-state index in [0.717, 1.165) is 42.5 Å². The first kappa shape index (κ1) is 13.1. The van der Waals surface area contributed by atoms with Crippen molar-refractivity contribution >= 4 is 16.9 Å². The molecular formula is C16H23N5. The fraction of sp³-hybridized carbons (Fsp3) is 0.625. The number of hydrogen-bond donors (Lipinski definition) is 1. The number of hydrogen-bond acceptors (Lipinski definition) is 4. The molecule has 1 aliphatic heterocycles. The molecule has 2 fully saturated rings. The van der Waals surface area contributed by atoms with Crippen LogP contribution < -0.4 is 4.90 Å². The fourth-order valence-electron chi connectivity index (χ4n) is 3.65. The molecule has 0 unspecified atom stereocenters. The van der Waals surface area contributed by atoms with E-state index in [1.807, 2.05) is 6.20 Å². The minimum atomic E-state index is 0.678. The zero-order valence-electron chi connectivity index (χ0n) is 12.6. The normalized spacial score (nSPS) is 25.0. The fourth-order valence-corrected chi connectivity index (χ4v) is 3.65. The summed E-state index contributed by atoms with van der Waals surface area (Å²) in [7, 11) is 0. The minimum absolute atomic E-state index is 0.678. The van der Waals surface area contributed by atoms with E-state index in [2.05, 4.69) is 37.7 Å². The lowest BCUT2D eigenvalue weighted by molar-refractivity contribution is 0.124. The van der Waals surface area contributed by atoms with Crippen LogP contribution in [0.25, 0.3) is 11.0 Å². The van der Waals surface area contributed by atoms with Crippen LogP contribution in [0.15, 0.2) is 18.6 Å². The maximum absolute atomic E-state index is 4.56. The maximum Gasteiger partial charge on any atom is 0.142 e. The SMILES string of the molecule is C[C@@H]1CN(c2ncnc3[nH]ccc23)CCN(C2CCC2)C1. The Morgan fingerprint density at radius 3 is 2.90 bits per heavy atom. The van der Waals surface area contributed by atoms with Gasteiger partial charge in [-0.1, -0.05) is 13.3 Å². The second-order valence-electron chi connectivity index (χ2n) is 6.57. The summed E-state index contributed by atoms with van der Waals surface area (Å²) in [4.78, 5) is 17.2. The van der Waals surface area contributed by atoms with Crippen LogP contribution in [0.1, 0.15) is 26.2 Å². The summed E-state index contributed by atoms with van der Waals surface area (Å²) in [5.41, 5.74) is 0.938. The molecular weight excluding hydrogens is 262 g/mol. The molecule has 112 valence electrons. The third kappa shape index (κ3) is 2.39. The molecule has 0 bridgehead atoms. The van der Waals surface area contributed by atoms with E-state index in [9.17, 15) is 0 Å². The average Bonchev–Trinajstić information content (AvgIpc) is 2.81. The molecule has 5 heteroatoms. The lowest BCUT2D eigenvalue weighted by Gasteiger charge is -2.37. The molecule has 0 aromatic carbocycles. The topological polar surface area (TPSA) is 48.1 Å². The van der Waals surface area contributed by atoms with Crippen LogP contribution in [0, 0.1) is 5.92 Å². The molecule has 2 aromatic rings. The lowest BCUT2D eigenvalue weighted by Crippen LogP contribution is -2.43. The molecule has 5 nitrogen and oxygen atoms in total. The van der Waals surface area contributed by atoms with Crippen LogP contribution in [0.4, 0.5) is 5.82 Å². The van der Waals surface area contributed by atoms with Gasteiger partial charge in [0, 0.05) is 38.4 Å². The highest BCUT2D eigenvalue weighted by Gasteiger charge is 2.29. The molecule has 1 atom stereocenters. The summed E-state index contributed by atoms with van der Waals surface area (Å²) in [6.45, 7) is 6.89. The number of nitrogens with zero attached hydrogens (tertiary/aromatic N) is 4. The molecule has 0 spiro atoms. The Hall–Kier alpha value is -1.62. The molecule has 3 heterocycles. The molecule has 1 saturated carbocycles. The average molecular weight is 285 g/mol. The van der Waals surface area contributed by atoms with Crippen LogP contribution in [-0.4, -0.2) is 52.1 Å². The minimum Gasteiger partial charge on any atom is -0.354 e. The van der Waals surface area contributed by atoms with Gasteiger partial charge in [0.05, 0.1) is 5.39 Å². The van der Waals surface area contributed by atoms with Gasteiger partial charge < -0.3 is 9.88 Å². The van der Waals surface area contributed by atoms with Gasteiger partial charge in [-0.3, -0.25) is 4.90 Å². The summed E-state index contributed by atoms with van der Waals surface area (Å²) in [5, 5.41) is 1.14. The van der Waals surface area contributed by atoms with Gasteiger partial charge in [0.1, 0.15) is 17.8 Å². The summed E-state index contributed by atoms with van der Waals surface area (Å²) < 4.78 is 0. The van der Waals surface area contributed by atoms with Crippen LogP contribution in [0.2, 0.25) is 0 Å². The van der Waals surface area contributed by atoms with Gasteiger partial charge >= 0.3 is 0 Å². The summed E-state index contributed by atoms with van der Waals surface area (Å²) in [6, 6.07) is 2.93. The number of aromatic nitrogens is 3. The van der Waals surface area contributed by atoms with Gasteiger partial charge in [-0.15, -0.1) is 0 Å². The smallest absolute Gasteiger partial charge is 0.142 e. The second kappa shape index (κ2) is 5.30. The number of nitrogens with one attached hydrogen (secondary N) is 1. The molecule has 0 radical (unpaired) electrons. The van der Waals surface area contributed by atoms with Crippen LogP contribution in [0.5, 0.6) is 0 Å². The van der Waals surface area contributed by atoms with Crippen molar-refractivity contribution in [2.75, 3.05) is 31.1 Å². The Labute approximate surface area is 125 Å². The highest BCUT2D eigenvalue weighted by atomic mass is 15.3. The molecule has 21 heavy (non-hydrogen) atoms. The molecule has 1 aliphatic carbocycles. The van der Waals surface area contributed by atoms with Gasteiger partial charge in [0.15, 0.2) is 0 Å². The standard InChI is InChI=1S/C16H23N5/c1-12-9-20(13-3-2-4-13)7-8-21(10-12)16-14-5-6-17-15(14)18-11-19-16/h5-6,11-13H,2-4,7-10H2,1H3,(H,17,18,19)/t12-/m0/s1. The largest absolute Gasteiger partial charge is 0.354 e. The van der Waals surface area contributed by atoms with Crippen LogP contribution >= 0.6 is 0 Å². The molecule has 1 N–H and O–H groups in total. The van der Waals surface area contributed by atoms with Crippen molar-refractivity contribution in [3.05, 3.63) is 18.6 Å². The quantitative estimate of drug-likeness (QED) is 0.919. The predicted octanol–water partition coefficient (Wildman–Crippen LogP) is 2.27. The Morgan fingerprint density at radius 1 is 1.19 bits per heavy atom. The first-order valence-electron chi connectivity index (χ1n) is 8.08. The first-order chi connectivity index (χ1) is 10.3. The van der Waals surface area contributed by atoms with Gasteiger partial charge in [0.25, 0.3) is 0 Å². The van der Waals surface area contributed by atoms with E-state index in [4.69, 9.17) is 0 Å². The number of rotatable bonds is 2. The van der Waals surface area contributed by atoms with Crippen molar-refractivity contribution in [2.45, 2.75) is 32.2 Å². The third-order valence-electron chi connectivity index (χ3n) is 4.96. The Balaban J connectivity index is 1.58. The Bertz CT molecular complexity index is 618. The third-order valence-corrected chi connectivity index (χ3v) is 4.96. The number of aromatic amines is 1. The summed E-state index contributed by atoms with van der Waals surface area (Å²) >= 11 is 0. The number of fused-ring (bicyclic) bond motifs is 1. The Kier molecular flexibility index (Phi) is 3.30. The molecule has 1 saturated heterocycles. The van der Waals surface area contributed by atoms with Crippen LogP contribution in [0.3, 0.4) is 0 Å². The zero-order valence-corrected chi connectivity index (χ0v) is 12.6. The number of H-pyrrole nitrogens is 1. The van der Waals surface area contributed by atoms with E-state index < -0.39 is 0 Å². The first-order valence-corrected chi connectivity index (χ1v) is 8.08. The van der Waals surface area contributed by atoms with Crippen molar-refractivity contribution in [1.82, 2.24) is 19.9 Å². The lowest BCUT2D eigenvalue weighted by atomic mass is 9.91. The molecule has 2 aromatic heterocycles. The molecule has 4 rings (SSSR count). The molecule has 0 amide bonds. The van der Waals surface area contributed by atoms with Crippen LogP contribution in [-0.2, 0) is 0 Å². The highest BCUT2D eigenvalue weighted by Crippen LogP contribution is 2.29. The van der Waals surface area contributed by atoms with E-state index in [1.165, 1.54) is 25.8 Å². The predicted molar refractivity (Wildman–Crippen MR) is 84.5 cm³/mol. The monoisotopic (exact) mass is 285 g/mol. The van der Waals surface area contributed by atoms with Crippen molar-refractivity contribution < 1.29 is 0 Å². The van der Waals surface area contributed by atoms with Gasteiger partial charge in [0.2, 0.25) is 0 Å². The van der Waals surface area contributed by atoms with Gasteiger partial charge in [-0.25, -0.2) is 9.97 Å². The maximum atomic E-state index is 4.56. The van der Waals surface area contributed by atoms with E-state index in [1.54, 1.807) is 6.33 Å². The van der Waals surface area contributed by atoms with Crippen molar-refractivity contribution in [2.24, 2.45) is 5.92 Å². The highest BCUT2D eigenvalue weighted by molar-refractivity contribution is 5.87. The van der Waals surface area contributed by atoms with Gasteiger partial charge in [-0.05, 0) is 24.8 Å². The number of anilines is 1. The van der Waals surface area contributed by atoms with E-state index in [0.29, 0.717) is 5.92 Å². The summed E-state index contributed by atoms with van der Waals surface area (Å²) in [5.74, 6) is 1.76. The van der Waals surface area contributed by atoms with Crippen molar-refractivity contribution in [3.63, 3.8) is 0 Å².